The molecule has 0 spiro atoms. The molecule has 30 heavy (non-hydrogen) atoms. The lowest BCUT2D eigenvalue weighted by atomic mass is 10.1. The average Bonchev–Trinajstić information content (AvgIpc) is 3.22. The van der Waals surface area contributed by atoms with E-state index in [0.717, 1.165) is 16.9 Å². The molecule has 152 valence electrons. The van der Waals surface area contributed by atoms with Gasteiger partial charge in [0.2, 0.25) is 5.75 Å². The Morgan fingerprint density at radius 3 is 2.37 bits per heavy atom. The molecule has 0 aliphatic rings. The summed E-state index contributed by atoms with van der Waals surface area (Å²) in [5.41, 5.74) is 3.64. The summed E-state index contributed by atoms with van der Waals surface area (Å²) in [7, 11) is 4.54. The summed E-state index contributed by atoms with van der Waals surface area (Å²) in [5, 5.41) is 2.92. The summed E-state index contributed by atoms with van der Waals surface area (Å²) in [6.45, 7) is 0. The Hall–Kier alpha value is -4.00. The molecule has 7 heteroatoms. The van der Waals surface area contributed by atoms with Crippen molar-refractivity contribution in [3.8, 4) is 28.5 Å². The number of hydrogen-bond donors (Lipinski definition) is 1. The first-order valence-corrected chi connectivity index (χ1v) is 9.28. The first-order chi connectivity index (χ1) is 14.6. The van der Waals surface area contributed by atoms with E-state index in [2.05, 4.69) is 10.3 Å². The van der Waals surface area contributed by atoms with Gasteiger partial charge in [-0.05, 0) is 36.4 Å². The first kappa shape index (κ1) is 19.3. The van der Waals surface area contributed by atoms with E-state index in [-0.39, 0.29) is 5.91 Å². The van der Waals surface area contributed by atoms with E-state index < -0.39 is 0 Å². The molecule has 0 bridgehead atoms. The zero-order valence-corrected chi connectivity index (χ0v) is 16.9. The molecule has 0 fully saturated rings. The summed E-state index contributed by atoms with van der Waals surface area (Å²) >= 11 is 0. The standard InChI is InChI=1S/C23H21N3O4/c1-28-19-12-16(13-20(29-2)22(19)30-3)23(27)24-17-8-6-7-15(11-17)18-14-26-10-5-4-9-21(26)25-18/h4-14H,1-3H3,(H,24,27). The number of ether oxygens (including phenoxy) is 3. The highest BCUT2D eigenvalue weighted by atomic mass is 16.5. The number of anilines is 1. The van der Waals surface area contributed by atoms with Gasteiger partial charge in [-0.2, -0.15) is 0 Å². The number of imidazole rings is 1. The number of fused-ring (bicyclic) bond motifs is 1. The molecule has 7 nitrogen and oxygen atoms in total. The van der Waals surface area contributed by atoms with Crippen LogP contribution < -0.4 is 19.5 Å². The molecule has 0 saturated carbocycles. The predicted octanol–water partition coefficient (Wildman–Crippen LogP) is 4.28. The lowest BCUT2D eigenvalue weighted by molar-refractivity contribution is 0.102. The average molecular weight is 403 g/mol. The molecule has 2 heterocycles. The lowest BCUT2D eigenvalue weighted by Gasteiger charge is -2.14. The number of rotatable bonds is 6. The van der Waals surface area contributed by atoms with Crippen LogP contribution in [0.25, 0.3) is 16.9 Å². The molecule has 4 aromatic rings. The molecule has 0 unspecified atom stereocenters. The Morgan fingerprint density at radius 1 is 0.933 bits per heavy atom. The minimum atomic E-state index is -0.290. The van der Waals surface area contributed by atoms with Crippen molar-refractivity contribution >= 4 is 17.2 Å². The number of aromatic nitrogens is 2. The molecule has 1 N–H and O–H groups in total. The van der Waals surface area contributed by atoms with E-state index in [4.69, 9.17) is 14.2 Å². The number of nitrogens with one attached hydrogen (secondary N) is 1. The first-order valence-electron chi connectivity index (χ1n) is 9.28. The van der Waals surface area contributed by atoms with Crippen molar-refractivity contribution in [1.29, 1.82) is 0 Å². The van der Waals surface area contributed by atoms with Crippen LogP contribution in [0.3, 0.4) is 0 Å². The minimum absolute atomic E-state index is 0.290. The summed E-state index contributed by atoms with van der Waals surface area (Å²) in [4.78, 5) is 17.5. The number of carbonyl (C=O) groups excluding carboxylic acids is 1. The largest absolute Gasteiger partial charge is 0.493 e. The van der Waals surface area contributed by atoms with Gasteiger partial charge in [0.05, 0.1) is 27.0 Å². The van der Waals surface area contributed by atoms with Crippen molar-refractivity contribution in [3.63, 3.8) is 0 Å². The Balaban J connectivity index is 1.62. The molecular formula is C23H21N3O4. The maximum atomic E-state index is 12.9. The molecule has 0 atom stereocenters. The van der Waals surface area contributed by atoms with E-state index in [9.17, 15) is 4.79 Å². The lowest BCUT2D eigenvalue weighted by Crippen LogP contribution is -2.12. The Morgan fingerprint density at radius 2 is 1.70 bits per heavy atom. The van der Waals surface area contributed by atoms with Gasteiger partial charge < -0.3 is 23.9 Å². The molecule has 0 radical (unpaired) electrons. The molecule has 1 amide bonds. The van der Waals surface area contributed by atoms with Crippen LogP contribution >= 0.6 is 0 Å². The van der Waals surface area contributed by atoms with Crippen molar-refractivity contribution < 1.29 is 19.0 Å². The van der Waals surface area contributed by atoms with Gasteiger partial charge in [-0.1, -0.05) is 18.2 Å². The Kier molecular flexibility index (Phi) is 5.26. The van der Waals surface area contributed by atoms with Gasteiger partial charge in [-0.15, -0.1) is 0 Å². The normalized spacial score (nSPS) is 10.6. The Bertz CT molecular complexity index is 1160. The molecule has 0 aliphatic heterocycles. The quantitative estimate of drug-likeness (QED) is 0.520. The van der Waals surface area contributed by atoms with E-state index in [1.54, 1.807) is 12.1 Å². The fourth-order valence-electron chi connectivity index (χ4n) is 3.25. The maximum absolute atomic E-state index is 12.9. The van der Waals surface area contributed by atoms with Crippen molar-refractivity contribution in [2.45, 2.75) is 0 Å². The third-order valence-corrected chi connectivity index (χ3v) is 4.71. The zero-order chi connectivity index (χ0) is 21.1. The monoisotopic (exact) mass is 403 g/mol. The van der Waals surface area contributed by atoms with Gasteiger partial charge in [0.25, 0.3) is 5.91 Å². The van der Waals surface area contributed by atoms with E-state index >= 15 is 0 Å². The van der Waals surface area contributed by atoms with Crippen LogP contribution in [0.1, 0.15) is 10.4 Å². The van der Waals surface area contributed by atoms with Crippen LogP contribution in [-0.2, 0) is 0 Å². The van der Waals surface area contributed by atoms with Crippen molar-refractivity contribution in [2.24, 2.45) is 0 Å². The van der Waals surface area contributed by atoms with Crippen LogP contribution in [0.4, 0.5) is 5.69 Å². The third-order valence-electron chi connectivity index (χ3n) is 4.71. The zero-order valence-electron chi connectivity index (χ0n) is 16.9. The second kappa shape index (κ2) is 8.16. The van der Waals surface area contributed by atoms with Gasteiger partial charge in [0.1, 0.15) is 5.65 Å². The second-order valence-corrected chi connectivity index (χ2v) is 6.54. The number of pyridine rings is 1. The van der Waals surface area contributed by atoms with E-state index in [1.807, 2.05) is 59.3 Å². The third kappa shape index (κ3) is 3.65. The highest BCUT2D eigenvalue weighted by Crippen LogP contribution is 2.38. The second-order valence-electron chi connectivity index (χ2n) is 6.54. The number of methoxy groups -OCH3 is 3. The molecule has 2 aromatic carbocycles. The van der Waals surface area contributed by atoms with E-state index in [1.165, 1.54) is 21.3 Å². The highest BCUT2D eigenvalue weighted by Gasteiger charge is 2.17. The Labute approximate surface area is 173 Å². The smallest absolute Gasteiger partial charge is 0.255 e. The SMILES string of the molecule is COc1cc(C(=O)Nc2cccc(-c3cn4ccccc4n3)c2)cc(OC)c1OC. The molecule has 4 rings (SSSR count). The number of hydrogen-bond acceptors (Lipinski definition) is 5. The maximum Gasteiger partial charge on any atom is 0.255 e. The fourth-order valence-corrected chi connectivity index (χ4v) is 3.25. The van der Waals surface area contributed by atoms with Crippen LogP contribution in [0.5, 0.6) is 17.2 Å². The number of carbonyl (C=O) groups is 1. The van der Waals surface area contributed by atoms with Gasteiger partial charge in [0.15, 0.2) is 11.5 Å². The topological polar surface area (TPSA) is 74.1 Å². The summed E-state index contributed by atoms with van der Waals surface area (Å²) in [5.74, 6) is 0.979. The molecule has 2 aromatic heterocycles. The number of nitrogens with zero attached hydrogens (tertiary/aromatic N) is 2. The van der Waals surface area contributed by atoms with Crippen molar-refractivity contribution in [2.75, 3.05) is 26.6 Å². The molecule has 0 saturated heterocycles. The van der Waals surface area contributed by atoms with Crippen molar-refractivity contribution in [3.05, 3.63) is 72.6 Å². The number of amides is 1. The minimum Gasteiger partial charge on any atom is -0.493 e. The highest BCUT2D eigenvalue weighted by molar-refractivity contribution is 6.05. The van der Waals surface area contributed by atoms with Crippen molar-refractivity contribution in [1.82, 2.24) is 9.38 Å². The van der Waals surface area contributed by atoms with Crippen LogP contribution in [0.15, 0.2) is 67.0 Å². The van der Waals surface area contributed by atoms with Crippen LogP contribution in [-0.4, -0.2) is 36.6 Å². The van der Waals surface area contributed by atoms with Gasteiger partial charge in [0, 0.05) is 29.2 Å². The van der Waals surface area contributed by atoms with Gasteiger partial charge in [-0.25, -0.2) is 4.98 Å². The van der Waals surface area contributed by atoms with Crippen LogP contribution in [0, 0.1) is 0 Å². The van der Waals surface area contributed by atoms with Gasteiger partial charge >= 0.3 is 0 Å². The summed E-state index contributed by atoms with van der Waals surface area (Å²) < 4.78 is 17.9. The molecular weight excluding hydrogens is 382 g/mol. The number of benzene rings is 2. The molecule has 0 aliphatic carbocycles. The van der Waals surface area contributed by atoms with E-state index in [0.29, 0.717) is 28.5 Å². The van der Waals surface area contributed by atoms with Crippen LogP contribution in [0.2, 0.25) is 0 Å². The van der Waals surface area contributed by atoms with Gasteiger partial charge in [-0.3, -0.25) is 4.79 Å². The predicted molar refractivity (Wildman–Crippen MR) is 115 cm³/mol. The summed E-state index contributed by atoms with van der Waals surface area (Å²) in [6.07, 6.45) is 3.90. The summed E-state index contributed by atoms with van der Waals surface area (Å²) in [6, 6.07) is 16.6. The fraction of sp³-hybridized carbons (Fsp3) is 0.130.